The topological polar surface area (TPSA) is 205 Å². The van der Waals surface area contributed by atoms with Gasteiger partial charge in [0.2, 0.25) is 17.7 Å². The maximum Gasteiger partial charge on any atom is 0.303 e. The van der Waals surface area contributed by atoms with Crippen molar-refractivity contribution >= 4 is 35.9 Å². The Kier molecular flexibility index (Phi) is 10.9. The molecule has 146 valence electrons. The lowest BCUT2D eigenvalue weighted by Crippen LogP contribution is -2.51. The average Bonchev–Trinajstić information content (AvgIpc) is 2.58. The Hall–Kier alpha value is -3.02. The summed E-state index contributed by atoms with van der Waals surface area (Å²) in [5.74, 6) is -4.55. The highest BCUT2D eigenvalue weighted by Crippen LogP contribution is 1.98. The van der Waals surface area contributed by atoms with Crippen molar-refractivity contribution < 1.29 is 39.0 Å². The van der Waals surface area contributed by atoms with Crippen LogP contribution < -0.4 is 21.7 Å². The smallest absolute Gasteiger partial charge is 0.303 e. The van der Waals surface area contributed by atoms with E-state index >= 15 is 0 Å². The van der Waals surface area contributed by atoms with E-state index in [1.165, 1.54) is 0 Å². The molecule has 0 aromatic rings. The van der Waals surface area contributed by atoms with E-state index in [9.17, 15) is 28.8 Å². The number of aliphatic carboxylic acids is 2. The SMILES string of the molecule is N[C@H](CCC(=O)O)C(=O)NCC(=O)N[C@H](CCC(=O)O)C(=O)NCC=O. The molecule has 0 aliphatic carbocycles. The van der Waals surface area contributed by atoms with Crippen LogP contribution in [-0.2, 0) is 28.8 Å². The fourth-order valence-corrected chi connectivity index (χ4v) is 1.76. The summed E-state index contributed by atoms with van der Waals surface area (Å²) in [6.07, 6.45) is -0.608. The Morgan fingerprint density at radius 2 is 1.50 bits per heavy atom. The number of carbonyl (C=O) groups excluding carboxylic acids is 4. The van der Waals surface area contributed by atoms with Gasteiger partial charge >= 0.3 is 11.9 Å². The van der Waals surface area contributed by atoms with E-state index in [-0.39, 0.29) is 25.8 Å². The Labute approximate surface area is 148 Å². The molecular formula is C14H22N4O8. The van der Waals surface area contributed by atoms with Crippen molar-refractivity contribution in [2.75, 3.05) is 13.1 Å². The minimum Gasteiger partial charge on any atom is -0.481 e. The molecule has 12 heteroatoms. The monoisotopic (exact) mass is 374 g/mol. The zero-order valence-corrected chi connectivity index (χ0v) is 13.9. The summed E-state index contributed by atoms with van der Waals surface area (Å²) in [7, 11) is 0. The first kappa shape index (κ1) is 23.0. The van der Waals surface area contributed by atoms with Gasteiger partial charge in [-0.15, -0.1) is 0 Å². The Balaban J connectivity index is 4.51. The van der Waals surface area contributed by atoms with E-state index in [1.807, 2.05) is 0 Å². The third kappa shape index (κ3) is 10.7. The van der Waals surface area contributed by atoms with E-state index in [1.54, 1.807) is 0 Å². The van der Waals surface area contributed by atoms with Crippen LogP contribution in [0.25, 0.3) is 0 Å². The number of hydrogen-bond donors (Lipinski definition) is 6. The highest BCUT2D eigenvalue weighted by atomic mass is 16.4. The van der Waals surface area contributed by atoms with Crippen molar-refractivity contribution in [3.63, 3.8) is 0 Å². The molecule has 2 atom stereocenters. The molecule has 3 amide bonds. The molecule has 0 heterocycles. The average molecular weight is 374 g/mol. The largest absolute Gasteiger partial charge is 0.481 e. The summed E-state index contributed by atoms with van der Waals surface area (Å²) in [6.45, 7) is -0.836. The van der Waals surface area contributed by atoms with Crippen molar-refractivity contribution in [1.82, 2.24) is 16.0 Å². The van der Waals surface area contributed by atoms with E-state index in [0.29, 0.717) is 6.29 Å². The van der Waals surface area contributed by atoms with Crippen LogP contribution >= 0.6 is 0 Å². The second-order valence-electron chi connectivity index (χ2n) is 5.22. The van der Waals surface area contributed by atoms with Gasteiger partial charge in [-0.1, -0.05) is 0 Å². The van der Waals surface area contributed by atoms with Gasteiger partial charge in [0.25, 0.3) is 0 Å². The third-order valence-electron chi connectivity index (χ3n) is 3.09. The maximum absolute atomic E-state index is 11.8. The molecule has 0 aromatic carbocycles. The zero-order chi connectivity index (χ0) is 20.1. The lowest BCUT2D eigenvalue weighted by Gasteiger charge is -2.18. The predicted molar refractivity (Wildman–Crippen MR) is 85.7 cm³/mol. The molecule has 0 aromatic heterocycles. The first-order valence-electron chi connectivity index (χ1n) is 7.65. The molecule has 0 spiro atoms. The highest BCUT2D eigenvalue weighted by molar-refractivity contribution is 5.91. The van der Waals surface area contributed by atoms with Crippen LogP contribution in [0.3, 0.4) is 0 Å². The van der Waals surface area contributed by atoms with Crippen molar-refractivity contribution in [2.24, 2.45) is 5.73 Å². The number of hydrogen-bond acceptors (Lipinski definition) is 7. The van der Waals surface area contributed by atoms with Crippen molar-refractivity contribution in [1.29, 1.82) is 0 Å². The Morgan fingerprint density at radius 1 is 0.923 bits per heavy atom. The second kappa shape index (κ2) is 12.4. The van der Waals surface area contributed by atoms with Crippen LogP contribution in [0.4, 0.5) is 0 Å². The van der Waals surface area contributed by atoms with Crippen LogP contribution in [0.2, 0.25) is 0 Å². The Morgan fingerprint density at radius 3 is 2.04 bits per heavy atom. The first-order chi connectivity index (χ1) is 12.2. The molecule has 0 unspecified atom stereocenters. The van der Waals surface area contributed by atoms with E-state index < -0.39 is 54.7 Å². The number of carboxylic acid groups (broad SMARTS) is 2. The van der Waals surface area contributed by atoms with Gasteiger partial charge in [0, 0.05) is 12.8 Å². The lowest BCUT2D eigenvalue weighted by molar-refractivity contribution is -0.138. The Bertz CT molecular complexity index is 551. The van der Waals surface area contributed by atoms with Gasteiger partial charge < -0.3 is 36.7 Å². The van der Waals surface area contributed by atoms with Crippen LogP contribution in [0.1, 0.15) is 25.7 Å². The van der Waals surface area contributed by atoms with Gasteiger partial charge in [-0.25, -0.2) is 0 Å². The number of carboxylic acids is 2. The predicted octanol–water partition coefficient (Wildman–Crippen LogP) is -3.04. The number of nitrogens with two attached hydrogens (primary N) is 1. The van der Waals surface area contributed by atoms with Crippen molar-refractivity contribution in [3.05, 3.63) is 0 Å². The van der Waals surface area contributed by atoms with E-state index in [0.717, 1.165) is 0 Å². The number of carbonyl (C=O) groups is 6. The molecule has 0 fully saturated rings. The number of amides is 3. The second-order valence-corrected chi connectivity index (χ2v) is 5.22. The molecule has 12 nitrogen and oxygen atoms in total. The van der Waals surface area contributed by atoms with E-state index in [4.69, 9.17) is 15.9 Å². The minimum absolute atomic E-state index is 0.113. The molecular weight excluding hydrogens is 352 g/mol. The summed E-state index contributed by atoms with van der Waals surface area (Å²) in [5.41, 5.74) is 5.47. The molecule has 0 aliphatic rings. The third-order valence-corrected chi connectivity index (χ3v) is 3.09. The van der Waals surface area contributed by atoms with Gasteiger partial charge in [0.15, 0.2) is 0 Å². The molecule has 0 rings (SSSR count). The number of aldehydes is 1. The fourth-order valence-electron chi connectivity index (χ4n) is 1.76. The summed E-state index contributed by atoms with van der Waals surface area (Å²) >= 11 is 0. The van der Waals surface area contributed by atoms with Gasteiger partial charge in [-0.3, -0.25) is 24.0 Å². The summed E-state index contributed by atoms with van der Waals surface area (Å²) in [5, 5.41) is 23.8. The standard InChI is InChI=1S/C14H22N4O8/c15-8(1-3-11(21)22)13(25)17-7-10(20)18-9(2-4-12(23)24)14(26)16-5-6-19/h6,8-9H,1-5,7,15H2,(H,16,26)(H,17,25)(H,18,20)(H,21,22)(H,23,24)/t8-,9-/m1/s1. The molecule has 0 bridgehead atoms. The molecule has 0 aliphatic heterocycles. The zero-order valence-electron chi connectivity index (χ0n) is 13.9. The van der Waals surface area contributed by atoms with Crippen molar-refractivity contribution in [3.8, 4) is 0 Å². The fraction of sp³-hybridized carbons (Fsp3) is 0.571. The van der Waals surface area contributed by atoms with Gasteiger partial charge in [-0.05, 0) is 12.8 Å². The van der Waals surface area contributed by atoms with E-state index in [2.05, 4.69) is 16.0 Å². The quantitative estimate of drug-likeness (QED) is 0.181. The molecule has 0 saturated heterocycles. The summed E-state index contributed by atoms with van der Waals surface area (Å²) in [6, 6.07) is -2.31. The minimum atomic E-state index is -1.20. The maximum atomic E-state index is 11.8. The van der Waals surface area contributed by atoms with Crippen molar-refractivity contribution in [2.45, 2.75) is 37.8 Å². The highest BCUT2D eigenvalue weighted by Gasteiger charge is 2.22. The molecule has 7 N–H and O–H groups in total. The van der Waals surface area contributed by atoms with Crippen LogP contribution in [-0.4, -0.2) is 71.3 Å². The molecule has 0 radical (unpaired) electrons. The number of rotatable bonds is 13. The molecule has 0 saturated carbocycles. The number of nitrogens with one attached hydrogen (secondary N) is 3. The summed E-state index contributed by atoms with van der Waals surface area (Å²) < 4.78 is 0. The van der Waals surface area contributed by atoms with Gasteiger partial charge in [0.1, 0.15) is 12.3 Å². The summed E-state index contributed by atoms with van der Waals surface area (Å²) in [4.78, 5) is 66.5. The van der Waals surface area contributed by atoms with Gasteiger partial charge in [-0.2, -0.15) is 0 Å². The molecule has 26 heavy (non-hydrogen) atoms. The van der Waals surface area contributed by atoms with Crippen LogP contribution in [0.15, 0.2) is 0 Å². The normalized spacial score (nSPS) is 12.3. The first-order valence-corrected chi connectivity index (χ1v) is 7.65. The van der Waals surface area contributed by atoms with Crippen LogP contribution in [0, 0.1) is 0 Å². The lowest BCUT2D eigenvalue weighted by atomic mass is 10.1. The van der Waals surface area contributed by atoms with Gasteiger partial charge in [0.05, 0.1) is 19.1 Å². The van der Waals surface area contributed by atoms with Crippen LogP contribution in [0.5, 0.6) is 0 Å².